The predicted octanol–water partition coefficient (Wildman–Crippen LogP) is 3.79. The molecule has 0 radical (unpaired) electrons. The molecule has 0 bridgehead atoms. The normalized spacial score (nSPS) is 20.4. The third-order valence-electron chi connectivity index (χ3n) is 4.53. The molecule has 1 aliphatic rings. The van der Waals surface area contributed by atoms with Gasteiger partial charge in [0.25, 0.3) is 5.91 Å². The lowest BCUT2D eigenvalue weighted by Crippen LogP contribution is -2.37. The summed E-state index contributed by atoms with van der Waals surface area (Å²) in [4.78, 5) is 28.5. The summed E-state index contributed by atoms with van der Waals surface area (Å²) in [5, 5.41) is 2.55. The number of aromatic nitrogens is 1. The van der Waals surface area contributed by atoms with Crippen molar-refractivity contribution in [2.45, 2.75) is 37.8 Å². The second kappa shape index (κ2) is 8.24. The van der Waals surface area contributed by atoms with E-state index in [4.69, 9.17) is 4.74 Å². The van der Waals surface area contributed by atoms with Crippen LogP contribution in [0, 0.1) is 5.92 Å². The van der Waals surface area contributed by atoms with Crippen LogP contribution in [0.3, 0.4) is 0 Å². The Morgan fingerprint density at radius 1 is 1.22 bits per heavy atom. The highest BCUT2D eigenvalue weighted by atomic mass is 32.1. The van der Waals surface area contributed by atoms with Crippen LogP contribution in [-0.4, -0.2) is 36.2 Å². The summed E-state index contributed by atoms with van der Waals surface area (Å²) in [5.74, 6) is -2.05. The Balaban J connectivity index is 1.62. The first-order valence-corrected chi connectivity index (χ1v) is 9.51. The first kappa shape index (κ1) is 19.6. The molecule has 146 valence electrons. The Labute approximate surface area is 157 Å². The van der Waals surface area contributed by atoms with Crippen LogP contribution in [0.15, 0.2) is 24.3 Å². The summed E-state index contributed by atoms with van der Waals surface area (Å²) in [6, 6.07) is 7.71. The highest BCUT2D eigenvalue weighted by Crippen LogP contribution is 2.41. The van der Waals surface area contributed by atoms with Gasteiger partial charge in [-0.3, -0.25) is 9.59 Å². The van der Waals surface area contributed by atoms with Crippen molar-refractivity contribution in [2.75, 3.05) is 13.2 Å². The van der Waals surface area contributed by atoms with Gasteiger partial charge in [0.1, 0.15) is 6.54 Å². The maximum atomic E-state index is 12.5. The average Bonchev–Trinajstić information content (AvgIpc) is 3.08. The molecule has 1 N–H and O–H groups in total. The van der Waals surface area contributed by atoms with Crippen molar-refractivity contribution in [3.8, 4) is 0 Å². The van der Waals surface area contributed by atoms with Gasteiger partial charge in [0, 0.05) is 5.92 Å². The summed E-state index contributed by atoms with van der Waals surface area (Å²) >= 11 is 1.54. The molecular formula is C18H19F3N2O3S. The van der Waals surface area contributed by atoms with Gasteiger partial charge in [0.05, 0.1) is 21.1 Å². The van der Waals surface area contributed by atoms with Gasteiger partial charge in [0.15, 0.2) is 6.61 Å². The third-order valence-corrected chi connectivity index (χ3v) is 5.70. The van der Waals surface area contributed by atoms with Gasteiger partial charge in [-0.2, -0.15) is 13.2 Å². The Hall–Kier alpha value is -2.16. The van der Waals surface area contributed by atoms with E-state index in [9.17, 15) is 22.8 Å². The van der Waals surface area contributed by atoms with Crippen LogP contribution in [0.1, 0.15) is 36.6 Å². The van der Waals surface area contributed by atoms with Crippen LogP contribution in [0.2, 0.25) is 0 Å². The highest BCUT2D eigenvalue weighted by Gasteiger charge is 2.35. The molecular weight excluding hydrogens is 381 g/mol. The molecule has 1 heterocycles. The molecule has 1 aromatic carbocycles. The predicted molar refractivity (Wildman–Crippen MR) is 94.3 cm³/mol. The number of hydrogen-bond acceptors (Lipinski definition) is 5. The SMILES string of the molecule is O=C(COC(=O)[C@H]1CCCC[C@@H]1c1nc2ccccc2s1)NCC(F)(F)F. The van der Waals surface area contributed by atoms with E-state index in [0.29, 0.717) is 6.42 Å². The second-order valence-electron chi connectivity index (χ2n) is 6.52. The lowest BCUT2D eigenvalue weighted by Gasteiger charge is -2.28. The van der Waals surface area contributed by atoms with Crippen LogP contribution >= 0.6 is 11.3 Å². The van der Waals surface area contributed by atoms with Crippen LogP contribution in [0.5, 0.6) is 0 Å². The number of nitrogens with one attached hydrogen (secondary N) is 1. The van der Waals surface area contributed by atoms with Crippen molar-refractivity contribution in [1.29, 1.82) is 0 Å². The zero-order valence-electron chi connectivity index (χ0n) is 14.4. The summed E-state index contributed by atoms with van der Waals surface area (Å²) in [7, 11) is 0. The molecule has 3 rings (SSSR count). The Bertz CT molecular complexity index is 789. The highest BCUT2D eigenvalue weighted by molar-refractivity contribution is 7.18. The van der Waals surface area contributed by atoms with Gasteiger partial charge in [-0.05, 0) is 25.0 Å². The van der Waals surface area contributed by atoms with Crippen molar-refractivity contribution in [1.82, 2.24) is 10.3 Å². The van der Waals surface area contributed by atoms with E-state index in [0.717, 1.165) is 34.5 Å². The number of carbonyl (C=O) groups is 2. The first-order chi connectivity index (χ1) is 12.8. The Morgan fingerprint density at radius 3 is 2.70 bits per heavy atom. The fourth-order valence-corrected chi connectivity index (χ4v) is 4.42. The van der Waals surface area contributed by atoms with Gasteiger partial charge < -0.3 is 10.1 Å². The van der Waals surface area contributed by atoms with Crippen molar-refractivity contribution in [2.24, 2.45) is 5.92 Å². The zero-order chi connectivity index (χ0) is 19.4. The summed E-state index contributed by atoms with van der Waals surface area (Å²) < 4.78 is 42.3. The fraction of sp³-hybridized carbons (Fsp3) is 0.500. The topological polar surface area (TPSA) is 68.3 Å². The second-order valence-corrected chi connectivity index (χ2v) is 7.58. The van der Waals surface area contributed by atoms with E-state index in [1.54, 1.807) is 5.32 Å². The Morgan fingerprint density at radius 2 is 1.96 bits per heavy atom. The maximum absolute atomic E-state index is 12.5. The third kappa shape index (κ3) is 5.18. The van der Waals surface area contributed by atoms with Crippen LogP contribution in [0.25, 0.3) is 10.2 Å². The maximum Gasteiger partial charge on any atom is 0.405 e. The molecule has 1 saturated carbocycles. The minimum absolute atomic E-state index is 0.0955. The number of rotatable bonds is 5. The minimum atomic E-state index is -4.50. The van der Waals surface area contributed by atoms with E-state index in [1.807, 2.05) is 24.3 Å². The lowest BCUT2D eigenvalue weighted by molar-refractivity contribution is -0.156. The van der Waals surface area contributed by atoms with Crippen molar-refractivity contribution < 1.29 is 27.5 Å². The molecule has 1 amide bonds. The average molecular weight is 400 g/mol. The molecule has 0 spiro atoms. The number of ether oxygens (including phenoxy) is 1. The number of alkyl halides is 3. The smallest absolute Gasteiger partial charge is 0.405 e. The van der Waals surface area contributed by atoms with Crippen LogP contribution < -0.4 is 5.32 Å². The number of esters is 1. The largest absolute Gasteiger partial charge is 0.455 e. The quantitative estimate of drug-likeness (QED) is 0.776. The number of benzene rings is 1. The molecule has 27 heavy (non-hydrogen) atoms. The number of fused-ring (bicyclic) bond motifs is 1. The van der Waals surface area contributed by atoms with E-state index < -0.39 is 37.1 Å². The monoisotopic (exact) mass is 400 g/mol. The van der Waals surface area contributed by atoms with Crippen LogP contribution in [0.4, 0.5) is 13.2 Å². The Kier molecular flexibility index (Phi) is 5.98. The number of amides is 1. The minimum Gasteiger partial charge on any atom is -0.455 e. The number of para-hydroxylation sites is 1. The summed E-state index contributed by atoms with van der Waals surface area (Å²) in [5.41, 5.74) is 0.877. The van der Waals surface area contributed by atoms with Gasteiger partial charge in [-0.1, -0.05) is 25.0 Å². The van der Waals surface area contributed by atoms with E-state index in [-0.39, 0.29) is 5.92 Å². The summed E-state index contributed by atoms with van der Waals surface area (Å²) in [6.45, 7) is -2.15. The fourth-order valence-electron chi connectivity index (χ4n) is 3.25. The standard InChI is InChI=1S/C18H19F3N2O3S/c19-18(20,21)10-22-15(24)9-26-17(25)12-6-2-1-5-11(12)16-23-13-7-3-4-8-14(13)27-16/h3-4,7-8,11-12H,1-2,5-6,9-10H2,(H,22,24)/t11-,12-/m0/s1. The number of nitrogens with zero attached hydrogens (tertiary/aromatic N) is 1. The van der Waals surface area contributed by atoms with Crippen molar-refractivity contribution >= 4 is 33.4 Å². The zero-order valence-corrected chi connectivity index (χ0v) is 15.2. The molecule has 0 saturated heterocycles. The number of hydrogen-bond donors (Lipinski definition) is 1. The van der Waals surface area contributed by atoms with Gasteiger partial charge in [-0.25, -0.2) is 4.98 Å². The van der Waals surface area contributed by atoms with E-state index >= 15 is 0 Å². The van der Waals surface area contributed by atoms with E-state index in [2.05, 4.69) is 4.98 Å². The molecule has 2 atom stereocenters. The number of halogens is 3. The van der Waals surface area contributed by atoms with Crippen molar-refractivity contribution in [3.63, 3.8) is 0 Å². The molecule has 0 aliphatic heterocycles. The molecule has 9 heteroatoms. The van der Waals surface area contributed by atoms with E-state index in [1.165, 1.54) is 11.3 Å². The molecule has 1 fully saturated rings. The first-order valence-electron chi connectivity index (χ1n) is 8.69. The molecule has 2 aromatic rings. The number of thiazole rings is 1. The van der Waals surface area contributed by atoms with Gasteiger partial charge in [0.2, 0.25) is 0 Å². The van der Waals surface area contributed by atoms with Crippen molar-refractivity contribution in [3.05, 3.63) is 29.3 Å². The summed E-state index contributed by atoms with van der Waals surface area (Å²) in [6.07, 6.45) is -1.26. The van der Waals surface area contributed by atoms with Gasteiger partial charge >= 0.3 is 12.1 Å². The molecule has 1 aliphatic carbocycles. The lowest BCUT2D eigenvalue weighted by atomic mass is 9.79. The molecule has 1 aromatic heterocycles. The molecule has 5 nitrogen and oxygen atoms in total. The van der Waals surface area contributed by atoms with Crippen LogP contribution in [-0.2, 0) is 14.3 Å². The molecule has 0 unspecified atom stereocenters. The number of carbonyl (C=O) groups excluding carboxylic acids is 2. The van der Waals surface area contributed by atoms with Gasteiger partial charge in [-0.15, -0.1) is 11.3 Å².